The molecule has 3 heteroatoms. The van der Waals surface area contributed by atoms with Crippen LogP contribution in [0.25, 0.3) is 0 Å². The molecule has 0 amide bonds. The smallest absolute Gasteiger partial charge is 0.0597 e. The highest BCUT2D eigenvalue weighted by molar-refractivity contribution is 5.11. The third-order valence-electron chi connectivity index (χ3n) is 5.50. The first-order valence-electron chi connectivity index (χ1n) is 8.79. The highest BCUT2D eigenvalue weighted by Gasteiger charge is 2.55. The SMILES string of the molecule is CC(C)(N)CC(C)(C)C(N)(CC1CC1)C(C)(C)CC(C)(C)O. The molecule has 1 atom stereocenters. The average molecular weight is 313 g/mol. The zero-order chi connectivity index (χ0) is 17.6. The van der Waals surface area contributed by atoms with E-state index in [1.807, 2.05) is 13.8 Å². The van der Waals surface area contributed by atoms with Gasteiger partial charge in [0.05, 0.1) is 5.60 Å². The number of rotatable bonds is 8. The van der Waals surface area contributed by atoms with Gasteiger partial charge in [-0.15, -0.1) is 0 Å². The van der Waals surface area contributed by atoms with Gasteiger partial charge in [-0.25, -0.2) is 0 Å². The van der Waals surface area contributed by atoms with Gasteiger partial charge in [0, 0.05) is 11.1 Å². The molecule has 1 rings (SSSR count). The van der Waals surface area contributed by atoms with Crippen molar-refractivity contribution in [3.05, 3.63) is 0 Å². The lowest BCUT2D eigenvalue weighted by molar-refractivity contribution is -0.0509. The van der Waals surface area contributed by atoms with Crippen LogP contribution in [0.1, 0.15) is 87.5 Å². The van der Waals surface area contributed by atoms with Crippen LogP contribution in [0.4, 0.5) is 0 Å². The minimum Gasteiger partial charge on any atom is -0.390 e. The summed E-state index contributed by atoms with van der Waals surface area (Å²) in [5, 5.41) is 10.4. The van der Waals surface area contributed by atoms with Crippen LogP contribution in [0.3, 0.4) is 0 Å². The molecule has 0 radical (unpaired) electrons. The second-order valence-corrected chi connectivity index (χ2v) is 10.5. The molecule has 0 bridgehead atoms. The Morgan fingerprint density at radius 1 is 0.818 bits per heavy atom. The van der Waals surface area contributed by atoms with Gasteiger partial charge in [-0.1, -0.05) is 40.5 Å². The summed E-state index contributed by atoms with van der Waals surface area (Å²) in [4.78, 5) is 0. The molecular formula is C19H40N2O. The lowest BCUT2D eigenvalue weighted by atomic mass is 9.52. The predicted octanol–water partition coefficient (Wildman–Crippen LogP) is 3.82. The van der Waals surface area contributed by atoms with Crippen molar-refractivity contribution in [1.29, 1.82) is 0 Å². The molecule has 0 heterocycles. The zero-order valence-electron chi connectivity index (χ0n) is 16.2. The molecule has 1 fully saturated rings. The van der Waals surface area contributed by atoms with Gasteiger partial charge in [0.25, 0.3) is 0 Å². The molecule has 0 spiro atoms. The lowest BCUT2D eigenvalue weighted by Crippen LogP contribution is -2.65. The van der Waals surface area contributed by atoms with E-state index in [0.717, 1.165) is 18.8 Å². The second kappa shape index (κ2) is 5.75. The number of aliphatic hydroxyl groups is 1. The Kier molecular flexibility index (Phi) is 5.21. The molecule has 1 aliphatic rings. The van der Waals surface area contributed by atoms with Crippen molar-refractivity contribution in [2.45, 2.75) is 104 Å². The van der Waals surface area contributed by atoms with Crippen molar-refractivity contribution in [1.82, 2.24) is 0 Å². The van der Waals surface area contributed by atoms with E-state index >= 15 is 0 Å². The maximum atomic E-state index is 10.4. The van der Waals surface area contributed by atoms with E-state index in [1.54, 1.807) is 0 Å². The van der Waals surface area contributed by atoms with Gasteiger partial charge in [-0.05, 0) is 63.7 Å². The van der Waals surface area contributed by atoms with Crippen LogP contribution in [0, 0.1) is 16.7 Å². The highest BCUT2D eigenvalue weighted by Crippen LogP contribution is 2.54. The molecule has 0 aromatic carbocycles. The molecule has 1 aliphatic carbocycles. The fourth-order valence-electron chi connectivity index (χ4n) is 4.78. The van der Waals surface area contributed by atoms with Crippen LogP contribution in [0.15, 0.2) is 0 Å². The topological polar surface area (TPSA) is 72.3 Å². The Balaban J connectivity index is 3.17. The summed E-state index contributed by atoms with van der Waals surface area (Å²) in [6, 6.07) is 0. The first-order valence-corrected chi connectivity index (χ1v) is 8.79. The Hall–Kier alpha value is -0.120. The Morgan fingerprint density at radius 2 is 1.23 bits per heavy atom. The molecule has 0 aromatic rings. The molecule has 1 unspecified atom stereocenters. The van der Waals surface area contributed by atoms with Gasteiger partial charge >= 0.3 is 0 Å². The van der Waals surface area contributed by atoms with Gasteiger partial charge in [0.15, 0.2) is 0 Å². The summed E-state index contributed by atoms with van der Waals surface area (Å²) >= 11 is 0. The number of hydrogen-bond acceptors (Lipinski definition) is 3. The van der Waals surface area contributed by atoms with E-state index in [0.29, 0.717) is 6.42 Å². The quantitative estimate of drug-likeness (QED) is 0.638. The molecule has 3 nitrogen and oxygen atoms in total. The summed E-state index contributed by atoms with van der Waals surface area (Å²) in [6.45, 7) is 16.9. The second-order valence-electron chi connectivity index (χ2n) is 10.5. The highest BCUT2D eigenvalue weighted by atomic mass is 16.3. The first-order chi connectivity index (χ1) is 9.49. The fourth-order valence-corrected chi connectivity index (χ4v) is 4.78. The van der Waals surface area contributed by atoms with Gasteiger partial charge in [0.1, 0.15) is 0 Å². The van der Waals surface area contributed by atoms with Gasteiger partial charge < -0.3 is 16.6 Å². The minimum absolute atomic E-state index is 0.0947. The minimum atomic E-state index is -0.716. The average Bonchev–Trinajstić information content (AvgIpc) is 2.92. The van der Waals surface area contributed by atoms with Crippen molar-refractivity contribution in [3.8, 4) is 0 Å². The maximum absolute atomic E-state index is 10.4. The molecule has 0 aliphatic heterocycles. The standard InChI is InChI=1S/C19H40N2O/c1-15(2,12-17(5,6)20)19(21,11-14-9-10-14)16(3,4)13-18(7,8)22/h14,22H,9-13,20-21H2,1-8H3. The van der Waals surface area contributed by atoms with Crippen molar-refractivity contribution >= 4 is 0 Å². The van der Waals surface area contributed by atoms with Gasteiger partial charge in [0.2, 0.25) is 0 Å². The summed E-state index contributed by atoms with van der Waals surface area (Å²) < 4.78 is 0. The largest absolute Gasteiger partial charge is 0.390 e. The van der Waals surface area contributed by atoms with E-state index in [4.69, 9.17) is 11.5 Å². The summed E-state index contributed by atoms with van der Waals surface area (Å²) in [5.41, 5.74) is 11.9. The summed E-state index contributed by atoms with van der Waals surface area (Å²) in [7, 11) is 0. The Morgan fingerprint density at radius 3 is 1.55 bits per heavy atom. The van der Waals surface area contributed by atoms with E-state index < -0.39 is 5.60 Å². The Labute approximate surface area is 138 Å². The molecule has 1 saturated carbocycles. The van der Waals surface area contributed by atoms with Crippen molar-refractivity contribution in [2.24, 2.45) is 28.2 Å². The third-order valence-corrected chi connectivity index (χ3v) is 5.50. The fraction of sp³-hybridized carbons (Fsp3) is 1.00. The van der Waals surface area contributed by atoms with Gasteiger partial charge in [-0.3, -0.25) is 0 Å². The lowest BCUT2D eigenvalue weighted by Gasteiger charge is -2.57. The van der Waals surface area contributed by atoms with E-state index in [-0.39, 0.29) is 21.9 Å². The van der Waals surface area contributed by atoms with Crippen LogP contribution in [-0.4, -0.2) is 21.8 Å². The van der Waals surface area contributed by atoms with Crippen LogP contribution in [-0.2, 0) is 0 Å². The van der Waals surface area contributed by atoms with Crippen LogP contribution >= 0.6 is 0 Å². The zero-order valence-corrected chi connectivity index (χ0v) is 16.2. The van der Waals surface area contributed by atoms with E-state index in [9.17, 15) is 5.11 Å². The molecule has 0 saturated heterocycles. The monoisotopic (exact) mass is 312 g/mol. The maximum Gasteiger partial charge on any atom is 0.0597 e. The Bertz CT molecular complexity index is 353. The first kappa shape index (κ1) is 19.9. The van der Waals surface area contributed by atoms with Crippen molar-refractivity contribution < 1.29 is 5.11 Å². The van der Waals surface area contributed by atoms with Gasteiger partial charge in [-0.2, -0.15) is 0 Å². The molecule has 5 N–H and O–H groups in total. The number of nitrogens with two attached hydrogens (primary N) is 2. The molecule has 0 aromatic heterocycles. The van der Waals surface area contributed by atoms with Crippen molar-refractivity contribution in [2.75, 3.05) is 0 Å². The van der Waals surface area contributed by atoms with Crippen molar-refractivity contribution in [3.63, 3.8) is 0 Å². The molecule has 22 heavy (non-hydrogen) atoms. The summed E-state index contributed by atoms with van der Waals surface area (Å²) in [5.74, 6) is 0.742. The molecule has 132 valence electrons. The van der Waals surface area contributed by atoms with Crippen LogP contribution in [0.2, 0.25) is 0 Å². The third kappa shape index (κ3) is 4.94. The molecular weight excluding hydrogens is 272 g/mol. The summed E-state index contributed by atoms with van der Waals surface area (Å²) in [6.07, 6.45) is 5.18. The van der Waals surface area contributed by atoms with E-state index in [1.165, 1.54) is 12.8 Å². The number of hydrogen-bond donors (Lipinski definition) is 3. The van der Waals surface area contributed by atoms with E-state index in [2.05, 4.69) is 41.5 Å². The van der Waals surface area contributed by atoms with Crippen LogP contribution < -0.4 is 11.5 Å². The predicted molar refractivity (Wildman–Crippen MR) is 95.6 cm³/mol. The normalized spacial score (nSPS) is 20.9. The van der Waals surface area contributed by atoms with Crippen LogP contribution in [0.5, 0.6) is 0 Å².